The van der Waals surface area contributed by atoms with Gasteiger partial charge in [-0.2, -0.15) is 0 Å². The fourth-order valence-electron chi connectivity index (χ4n) is 3.56. The Kier molecular flexibility index (Phi) is 5.39. The first kappa shape index (κ1) is 17.5. The molecule has 1 aliphatic rings. The summed E-state index contributed by atoms with van der Waals surface area (Å²) in [6, 6.07) is 16.3. The molecule has 0 bridgehead atoms. The molecule has 1 fully saturated rings. The largest absolute Gasteiger partial charge is 0.399 e. The second-order valence-electron chi connectivity index (χ2n) is 7.01. The SMILES string of the molecule is Cc1ccc(N)cc1C(=O)N(C)C1CCCN(Cc2ccccc2)C1. The number of likely N-dealkylation sites (N-methyl/N-ethyl adjacent to an activating group) is 1. The summed E-state index contributed by atoms with van der Waals surface area (Å²) in [5, 5.41) is 0. The van der Waals surface area contributed by atoms with Crippen molar-refractivity contribution in [1.29, 1.82) is 0 Å². The van der Waals surface area contributed by atoms with Crippen LogP contribution in [0.1, 0.15) is 34.3 Å². The van der Waals surface area contributed by atoms with E-state index in [1.54, 1.807) is 6.07 Å². The summed E-state index contributed by atoms with van der Waals surface area (Å²) >= 11 is 0. The highest BCUT2D eigenvalue weighted by atomic mass is 16.2. The van der Waals surface area contributed by atoms with Crippen LogP contribution in [0.25, 0.3) is 0 Å². The van der Waals surface area contributed by atoms with Gasteiger partial charge in [0.25, 0.3) is 5.91 Å². The molecule has 0 aliphatic carbocycles. The van der Waals surface area contributed by atoms with Gasteiger partial charge in [0.1, 0.15) is 0 Å². The highest BCUT2D eigenvalue weighted by molar-refractivity contribution is 5.96. The fourth-order valence-corrected chi connectivity index (χ4v) is 3.56. The molecule has 25 heavy (non-hydrogen) atoms. The third-order valence-electron chi connectivity index (χ3n) is 5.09. The Labute approximate surface area is 150 Å². The molecule has 4 nitrogen and oxygen atoms in total. The van der Waals surface area contributed by atoms with Gasteiger partial charge in [-0.25, -0.2) is 0 Å². The van der Waals surface area contributed by atoms with Gasteiger partial charge in [-0.3, -0.25) is 9.69 Å². The molecule has 1 amide bonds. The molecule has 2 N–H and O–H groups in total. The van der Waals surface area contributed by atoms with E-state index < -0.39 is 0 Å². The molecule has 0 saturated carbocycles. The van der Waals surface area contributed by atoms with Gasteiger partial charge in [0.15, 0.2) is 0 Å². The summed E-state index contributed by atoms with van der Waals surface area (Å²) in [5.41, 5.74) is 9.52. The van der Waals surface area contributed by atoms with E-state index in [9.17, 15) is 4.79 Å². The molecule has 1 atom stereocenters. The number of piperidine rings is 1. The lowest BCUT2D eigenvalue weighted by atomic mass is 10.0. The Balaban J connectivity index is 1.68. The summed E-state index contributed by atoms with van der Waals surface area (Å²) in [5.74, 6) is 0.0661. The van der Waals surface area contributed by atoms with E-state index in [-0.39, 0.29) is 11.9 Å². The van der Waals surface area contributed by atoms with Crippen LogP contribution in [-0.4, -0.2) is 41.9 Å². The van der Waals surface area contributed by atoms with Crippen molar-refractivity contribution in [2.45, 2.75) is 32.4 Å². The van der Waals surface area contributed by atoms with Crippen LogP contribution >= 0.6 is 0 Å². The summed E-state index contributed by atoms with van der Waals surface area (Å²) in [6.45, 7) is 4.91. The topological polar surface area (TPSA) is 49.6 Å². The lowest BCUT2D eigenvalue weighted by Gasteiger charge is -2.38. The molecular weight excluding hydrogens is 310 g/mol. The van der Waals surface area contributed by atoms with Crippen molar-refractivity contribution in [3.63, 3.8) is 0 Å². The molecule has 1 aliphatic heterocycles. The number of hydrogen-bond acceptors (Lipinski definition) is 3. The fraction of sp³-hybridized carbons (Fsp3) is 0.381. The molecule has 4 heteroatoms. The van der Waals surface area contributed by atoms with Crippen LogP contribution in [0.5, 0.6) is 0 Å². The second-order valence-corrected chi connectivity index (χ2v) is 7.01. The second kappa shape index (κ2) is 7.70. The predicted molar refractivity (Wildman–Crippen MR) is 102 cm³/mol. The number of nitrogens with two attached hydrogens (primary N) is 1. The smallest absolute Gasteiger partial charge is 0.254 e. The van der Waals surface area contributed by atoms with E-state index in [4.69, 9.17) is 5.73 Å². The zero-order valence-corrected chi connectivity index (χ0v) is 15.1. The summed E-state index contributed by atoms with van der Waals surface area (Å²) < 4.78 is 0. The minimum Gasteiger partial charge on any atom is -0.399 e. The van der Waals surface area contributed by atoms with Crippen molar-refractivity contribution >= 4 is 11.6 Å². The number of rotatable bonds is 4. The van der Waals surface area contributed by atoms with E-state index in [2.05, 4.69) is 29.2 Å². The number of amides is 1. The maximum absolute atomic E-state index is 12.9. The van der Waals surface area contributed by atoms with Crippen molar-refractivity contribution in [2.24, 2.45) is 0 Å². The summed E-state index contributed by atoms with van der Waals surface area (Å²) in [6.07, 6.45) is 2.17. The van der Waals surface area contributed by atoms with Crippen LogP contribution in [0.2, 0.25) is 0 Å². The van der Waals surface area contributed by atoms with Crippen LogP contribution < -0.4 is 5.73 Å². The van der Waals surface area contributed by atoms with Crippen LogP contribution in [0, 0.1) is 6.92 Å². The Morgan fingerprint density at radius 2 is 2.00 bits per heavy atom. The molecule has 2 aromatic rings. The predicted octanol–water partition coefficient (Wildman–Crippen LogP) is 3.31. The van der Waals surface area contributed by atoms with Crippen LogP contribution in [-0.2, 0) is 6.54 Å². The van der Waals surface area contributed by atoms with E-state index in [1.165, 1.54) is 5.56 Å². The van der Waals surface area contributed by atoms with Crippen LogP contribution in [0.15, 0.2) is 48.5 Å². The van der Waals surface area contributed by atoms with E-state index in [0.717, 1.165) is 38.0 Å². The lowest BCUT2D eigenvalue weighted by Crippen LogP contribution is -2.48. The molecule has 1 heterocycles. The number of carbonyl (C=O) groups is 1. The minimum atomic E-state index is 0.0661. The van der Waals surface area contributed by atoms with Crippen molar-refractivity contribution in [3.05, 3.63) is 65.2 Å². The number of benzene rings is 2. The van der Waals surface area contributed by atoms with Crippen molar-refractivity contribution in [3.8, 4) is 0 Å². The van der Waals surface area contributed by atoms with Gasteiger partial charge in [-0.15, -0.1) is 0 Å². The van der Waals surface area contributed by atoms with Crippen molar-refractivity contribution in [2.75, 3.05) is 25.9 Å². The van der Waals surface area contributed by atoms with Crippen molar-refractivity contribution in [1.82, 2.24) is 9.80 Å². The van der Waals surface area contributed by atoms with Gasteiger partial charge >= 0.3 is 0 Å². The normalized spacial score (nSPS) is 18.1. The maximum Gasteiger partial charge on any atom is 0.254 e. The first-order chi connectivity index (χ1) is 12.0. The minimum absolute atomic E-state index is 0.0661. The first-order valence-corrected chi connectivity index (χ1v) is 8.94. The highest BCUT2D eigenvalue weighted by Crippen LogP contribution is 2.21. The maximum atomic E-state index is 12.9. The van der Waals surface area contributed by atoms with Gasteiger partial charge in [-0.1, -0.05) is 36.4 Å². The number of carbonyl (C=O) groups excluding carboxylic acids is 1. The molecule has 3 rings (SSSR count). The van der Waals surface area contributed by atoms with Crippen molar-refractivity contribution < 1.29 is 4.79 Å². The van der Waals surface area contributed by atoms with Gasteiger partial charge in [0.2, 0.25) is 0 Å². The molecule has 0 aromatic heterocycles. The number of nitrogen functional groups attached to an aromatic ring is 1. The molecule has 0 spiro atoms. The standard InChI is InChI=1S/C21H27N3O/c1-16-10-11-18(22)13-20(16)21(25)23(2)19-9-6-12-24(15-19)14-17-7-4-3-5-8-17/h3-5,7-8,10-11,13,19H,6,9,12,14-15,22H2,1-2H3. The van der Waals surface area contributed by atoms with Gasteiger partial charge in [0, 0.05) is 37.4 Å². The van der Waals surface area contributed by atoms with Gasteiger partial charge in [0.05, 0.1) is 0 Å². The van der Waals surface area contributed by atoms with E-state index in [0.29, 0.717) is 11.3 Å². The summed E-state index contributed by atoms with van der Waals surface area (Å²) in [4.78, 5) is 17.3. The zero-order valence-electron chi connectivity index (χ0n) is 15.1. The Morgan fingerprint density at radius 3 is 2.76 bits per heavy atom. The lowest BCUT2D eigenvalue weighted by molar-refractivity contribution is 0.0608. The highest BCUT2D eigenvalue weighted by Gasteiger charge is 2.27. The Hall–Kier alpha value is -2.33. The molecule has 0 radical (unpaired) electrons. The molecule has 132 valence electrons. The van der Waals surface area contributed by atoms with E-state index in [1.807, 2.05) is 37.1 Å². The third-order valence-corrected chi connectivity index (χ3v) is 5.09. The number of hydrogen-bond donors (Lipinski definition) is 1. The number of likely N-dealkylation sites (tertiary alicyclic amines) is 1. The average molecular weight is 337 g/mol. The Morgan fingerprint density at radius 1 is 1.24 bits per heavy atom. The third kappa shape index (κ3) is 4.20. The number of anilines is 1. The first-order valence-electron chi connectivity index (χ1n) is 8.94. The summed E-state index contributed by atoms with van der Waals surface area (Å²) in [7, 11) is 1.92. The molecule has 2 aromatic carbocycles. The van der Waals surface area contributed by atoms with Gasteiger partial charge < -0.3 is 10.6 Å². The van der Waals surface area contributed by atoms with E-state index >= 15 is 0 Å². The quantitative estimate of drug-likeness (QED) is 0.871. The zero-order chi connectivity index (χ0) is 17.8. The average Bonchev–Trinajstić information content (AvgIpc) is 2.63. The molecular formula is C21H27N3O. The van der Waals surface area contributed by atoms with Crippen LogP contribution in [0.4, 0.5) is 5.69 Å². The number of aryl methyl sites for hydroxylation is 1. The number of nitrogens with zero attached hydrogens (tertiary/aromatic N) is 2. The van der Waals surface area contributed by atoms with Gasteiger partial charge in [-0.05, 0) is 49.6 Å². The molecule has 1 saturated heterocycles. The monoisotopic (exact) mass is 337 g/mol. The molecule has 1 unspecified atom stereocenters. The Bertz CT molecular complexity index is 729. The van der Waals surface area contributed by atoms with Crippen LogP contribution in [0.3, 0.4) is 0 Å².